The number of aromatic nitrogens is 6. The van der Waals surface area contributed by atoms with E-state index in [2.05, 4.69) is 107 Å². The molecule has 7 heteroatoms. The lowest BCUT2D eigenvalue weighted by molar-refractivity contribution is 0.669. The van der Waals surface area contributed by atoms with Crippen LogP contribution in [-0.4, -0.2) is 29.9 Å². The van der Waals surface area contributed by atoms with Crippen LogP contribution in [0.3, 0.4) is 0 Å². The Balaban J connectivity index is 1.14. The van der Waals surface area contributed by atoms with Gasteiger partial charge in [-0.1, -0.05) is 121 Å². The van der Waals surface area contributed by atoms with Gasteiger partial charge in [0, 0.05) is 44.8 Å². The maximum absolute atomic E-state index is 6.47. The van der Waals surface area contributed by atoms with E-state index in [1.165, 1.54) is 0 Å². The van der Waals surface area contributed by atoms with Crippen LogP contribution < -0.4 is 0 Å². The van der Waals surface area contributed by atoms with Crippen LogP contribution >= 0.6 is 0 Å². The molecule has 0 bridgehead atoms. The van der Waals surface area contributed by atoms with Crippen LogP contribution in [0.5, 0.6) is 0 Å². The first-order valence-corrected chi connectivity index (χ1v) is 18.1. The largest absolute Gasteiger partial charge is 0.456 e. The van der Waals surface area contributed by atoms with Gasteiger partial charge in [-0.15, -0.1) is 0 Å². The third-order valence-electron chi connectivity index (χ3n) is 10.2. The lowest BCUT2D eigenvalue weighted by Crippen LogP contribution is -2.02. The highest BCUT2D eigenvalue weighted by Gasteiger charge is 2.21. The first-order valence-electron chi connectivity index (χ1n) is 18.1. The van der Waals surface area contributed by atoms with Crippen molar-refractivity contribution in [2.45, 2.75) is 0 Å². The van der Waals surface area contributed by atoms with Crippen LogP contribution in [0.25, 0.3) is 111 Å². The molecular formula is C48H28N6O. The van der Waals surface area contributed by atoms with Gasteiger partial charge in [0.15, 0.2) is 23.1 Å². The SMILES string of the molecule is c1ccc(-c2c(-c3nc(-c4ccc(-c5cnc6cccnc6n5)cc4)nc(-c4cccc5oc6cc7ccccc7cc6c45)n3)ccc3ccccc23)cc1. The van der Waals surface area contributed by atoms with Crippen molar-refractivity contribution < 1.29 is 4.42 Å². The highest BCUT2D eigenvalue weighted by Crippen LogP contribution is 2.41. The van der Waals surface area contributed by atoms with Crippen molar-refractivity contribution >= 4 is 54.6 Å². The number of hydrogen-bond acceptors (Lipinski definition) is 7. The Bertz CT molecular complexity index is 3270. The van der Waals surface area contributed by atoms with Crippen molar-refractivity contribution in [2.24, 2.45) is 0 Å². The quantitative estimate of drug-likeness (QED) is 0.176. The molecule has 0 aliphatic rings. The first kappa shape index (κ1) is 30.9. The monoisotopic (exact) mass is 704 g/mol. The summed E-state index contributed by atoms with van der Waals surface area (Å²) in [4.78, 5) is 29.5. The molecule has 0 aliphatic carbocycles. The number of hydrogen-bond donors (Lipinski definition) is 0. The molecule has 7 aromatic carbocycles. The van der Waals surface area contributed by atoms with Crippen molar-refractivity contribution in [3.8, 4) is 56.5 Å². The summed E-state index contributed by atoms with van der Waals surface area (Å²) in [6, 6.07) is 53.8. The summed E-state index contributed by atoms with van der Waals surface area (Å²) in [7, 11) is 0. The Kier molecular flexibility index (Phi) is 7.03. The molecule has 0 radical (unpaired) electrons. The number of pyridine rings is 1. The van der Waals surface area contributed by atoms with E-state index in [4.69, 9.17) is 24.4 Å². The van der Waals surface area contributed by atoms with Gasteiger partial charge < -0.3 is 4.42 Å². The maximum atomic E-state index is 6.47. The van der Waals surface area contributed by atoms with E-state index in [9.17, 15) is 0 Å². The Morgan fingerprint density at radius 3 is 2.00 bits per heavy atom. The minimum Gasteiger partial charge on any atom is -0.456 e. The lowest BCUT2D eigenvalue weighted by Gasteiger charge is -2.15. The van der Waals surface area contributed by atoms with Crippen LogP contribution in [-0.2, 0) is 0 Å². The second-order valence-electron chi connectivity index (χ2n) is 13.5. The number of nitrogens with zero attached hydrogens (tertiary/aromatic N) is 6. The molecule has 11 rings (SSSR count). The molecule has 0 saturated carbocycles. The summed E-state index contributed by atoms with van der Waals surface area (Å²) in [5.41, 5.74) is 9.40. The molecule has 0 atom stereocenters. The van der Waals surface area contributed by atoms with Crippen LogP contribution in [0, 0.1) is 0 Å². The Morgan fingerprint density at radius 1 is 0.418 bits per heavy atom. The van der Waals surface area contributed by atoms with Gasteiger partial charge in [0.2, 0.25) is 0 Å². The molecule has 0 amide bonds. The van der Waals surface area contributed by atoms with E-state index in [0.29, 0.717) is 23.1 Å². The highest BCUT2D eigenvalue weighted by atomic mass is 16.3. The van der Waals surface area contributed by atoms with Crippen molar-refractivity contribution in [1.29, 1.82) is 0 Å². The average Bonchev–Trinajstić information content (AvgIpc) is 3.62. The van der Waals surface area contributed by atoms with Crippen molar-refractivity contribution in [2.75, 3.05) is 0 Å². The maximum Gasteiger partial charge on any atom is 0.178 e. The Hall–Kier alpha value is -7.64. The average molecular weight is 705 g/mol. The van der Waals surface area contributed by atoms with Crippen LogP contribution in [0.1, 0.15) is 0 Å². The van der Waals surface area contributed by atoms with Gasteiger partial charge in [0.25, 0.3) is 0 Å². The van der Waals surface area contributed by atoms with Gasteiger partial charge in [-0.05, 0) is 63.5 Å². The molecule has 0 aliphatic heterocycles. The van der Waals surface area contributed by atoms with E-state index in [1.54, 1.807) is 12.4 Å². The molecule has 11 aromatic rings. The minimum absolute atomic E-state index is 0.556. The number of furan rings is 1. The molecule has 4 heterocycles. The third kappa shape index (κ3) is 5.29. The molecule has 0 fully saturated rings. The fraction of sp³-hybridized carbons (Fsp3) is 0. The van der Waals surface area contributed by atoms with Crippen molar-refractivity contribution in [1.82, 2.24) is 29.9 Å². The standard InChI is InChI=1S/C48H28N6O/c1-2-11-31(12-3-1)43-35-15-7-6-10-29(35)23-24-37(43)47-53-45(32-21-19-30(20-22-32)40-28-50-39-17-9-25-49-48(39)51-40)52-46(54-47)36-16-8-18-41-44(36)38-26-33-13-4-5-14-34(33)27-42(38)55-41/h1-28H. The second-order valence-corrected chi connectivity index (χ2v) is 13.5. The fourth-order valence-electron chi connectivity index (χ4n) is 7.60. The van der Waals surface area contributed by atoms with Crippen molar-refractivity contribution in [3.05, 3.63) is 170 Å². The second kappa shape index (κ2) is 12.5. The first-order chi connectivity index (χ1) is 27.2. The number of rotatable bonds is 5. The topological polar surface area (TPSA) is 90.5 Å². The zero-order valence-electron chi connectivity index (χ0n) is 29.3. The molecule has 0 spiro atoms. The fourth-order valence-corrected chi connectivity index (χ4v) is 7.60. The molecule has 0 unspecified atom stereocenters. The summed E-state index contributed by atoms with van der Waals surface area (Å²) in [6.45, 7) is 0. The molecule has 0 N–H and O–H groups in total. The van der Waals surface area contributed by atoms with E-state index in [-0.39, 0.29) is 0 Å². The van der Waals surface area contributed by atoms with Gasteiger partial charge in [0.05, 0.1) is 11.9 Å². The summed E-state index contributed by atoms with van der Waals surface area (Å²) in [6.07, 6.45) is 3.51. The van der Waals surface area contributed by atoms with Gasteiger partial charge >= 0.3 is 0 Å². The minimum atomic E-state index is 0.556. The van der Waals surface area contributed by atoms with E-state index in [1.807, 2.05) is 60.7 Å². The van der Waals surface area contributed by atoms with E-state index in [0.717, 1.165) is 88.1 Å². The highest BCUT2D eigenvalue weighted by molar-refractivity contribution is 6.15. The van der Waals surface area contributed by atoms with Gasteiger partial charge in [-0.2, -0.15) is 0 Å². The van der Waals surface area contributed by atoms with Gasteiger partial charge in [-0.3, -0.25) is 4.98 Å². The molecule has 55 heavy (non-hydrogen) atoms. The smallest absolute Gasteiger partial charge is 0.178 e. The van der Waals surface area contributed by atoms with Crippen LogP contribution in [0.15, 0.2) is 175 Å². The zero-order chi connectivity index (χ0) is 36.3. The van der Waals surface area contributed by atoms with Gasteiger partial charge in [0.1, 0.15) is 16.7 Å². The third-order valence-corrected chi connectivity index (χ3v) is 10.2. The van der Waals surface area contributed by atoms with Crippen molar-refractivity contribution in [3.63, 3.8) is 0 Å². The Labute approximate surface area is 314 Å². The molecule has 4 aromatic heterocycles. The predicted molar refractivity (Wildman–Crippen MR) is 220 cm³/mol. The summed E-state index contributed by atoms with van der Waals surface area (Å²) >= 11 is 0. The van der Waals surface area contributed by atoms with Crippen LogP contribution in [0.2, 0.25) is 0 Å². The summed E-state index contributed by atoms with van der Waals surface area (Å²) in [5.74, 6) is 1.69. The van der Waals surface area contributed by atoms with E-state index < -0.39 is 0 Å². The predicted octanol–water partition coefficient (Wildman–Crippen LogP) is 11.8. The number of fused-ring (bicyclic) bond motifs is 6. The Morgan fingerprint density at radius 2 is 1.15 bits per heavy atom. The normalized spacial score (nSPS) is 11.6. The lowest BCUT2D eigenvalue weighted by atomic mass is 9.93. The van der Waals surface area contributed by atoms with Crippen LogP contribution in [0.4, 0.5) is 0 Å². The zero-order valence-corrected chi connectivity index (χ0v) is 29.3. The van der Waals surface area contributed by atoms with Gasteiger partial charge in [-0.25, -0.2) is 24.9 Å². The van der Waals surface area contributed by atoms with E-state index >= 15 is 0 Å². The summed E-state index contributed by atoms with van der Waals surface area (Å²) in [5, 5.41) is 6.51. The molecule has 7 nitrogen and oxygen atoms in total. The molecular weight excluding hydrogens is 677 g/mol. The summed E-state index contributed by atoms with van der Waals surface area (Å²) < 4.78 is 6.47. The molecule has 0 saturated heterocycles. The molecule has 256 valence electrons. The number of benzene rings is 7.